The molecule has 0 unspecified atom stereocenters. The van der Waals surface area contributed by atoms with Crippen LogP contribution in [-0.4, -0.2) is 42.6 Å². The van der Waals surface area contributed by atoms with Crippen LogP contribution in [-0.2, 0) is 16.0 Å². The maximum Gasteiger partial charge on any atom is 0.223 e. The molecule has 1 fully saturated rings. The first-order chi connectivity index (χ1) is 11.0. The molecular formula is C17H23N3O2S. The number of aryl methyl sites for hydroxylation is 2. The molecule has 1 aliphatic rings. The summed E-state index contributed by atoms with van der Waals surface area (Å²) in [6.07, 6.45) is 1.56. The van der Waals surface area contributed by atoms with E-state index in [4.69, 9.17) is 10.5 Å². The van der Waals surface area contributed by atoms with E-state index in [-0.39, 0.29) is 5.91 Å². The van der Waals surface area contributed by atoms with Gasteiger partial charge in [0.25, 0.3) is 0 Å². The van der Waals surface area contributed by atoms with Crippen molar-refractivity contribution in [1.82, 2.24) is 9.88 Å². The highest BCUT2D eigenvalue weighted by Gasteiger charge is 2.29. The fourth-order valence-corrected chi connectivity index (χ4v) is 4.31. The number of fused-ring (bicyclic) bond motifs is 1. The lowest BCUT2D eigenvalue weighted by Gasteiger charge is -2.17. The number of nitrogen functional groups attached to an aromatic ring is 1. The lowest BCUT2D eigenvalue weighted by Crippen LogP contribution is -2.28. The van der Waals surface area contributed by atoms with E-state index < -0.39 is 0 Å². The summed E-state index contributed by atoms with van der Waals surface area (Å²) in [4.78, 5) is 18.4. The van der Waals surface area contributed by atoms with Crippen molar-refractivity contribution in [2.75, 3.05) is 32.5 Å². The van der Waals surface area contributed by atoms with Crippen LogP contribution < -0.4 is 5.73 Å². The Morgan fingerprint density at radius 1 is 1.48 bits per heavy atom. The highest BCUT2D eigenvalue weighted by molar-refractivity contribution is 7.22. The monoisotopic (exact) mass is 333 g/mol. The molecule has 6 heteroatoms. The predicted molar refractivity (Wildman–Crippen MR) is 93.8 cm³/mol. The van der Waals surface area contributed by atoms with Crippen molar-refractivity contribution in [3.8, 4) is 0 Å². The minimum atomic E-state index is 0.240. The van der Waals surface area contributed by atoms with Gasteiger partial charge in [0, 0.05) is 26.6 Å². The Hall–Kier alpha value is -1.66. The molecular weight excluding hydrogens is 310 g/mol. The number of carbonyl (C=O) groups excluding carboxylic acids is 1. The molecule has 2 N–H and O–H groups in total. The molecule has 23 heavy (non-hydrogen) atoms. The number of likely N-dealkylation sites (tertiary alicyclic amines) is 1. The third-order valence-electron chi connectivity index (χ3n) is 4.60. The Kier molecular flexibility index (Phi) is 4.55. The zero-order chi connectivity index (χ0) is 16.6. The van der Waals surface area contributed by atoms with Gasteiger partial charge in [0.05, 0.1) is 16.8 Å². The Labute approximate surface area is 140 Å². The second-order valence-electron chi connectivity index (χ2n) is 6.31. The number of carbonyl (C=O) groups is 1. The fraction of sp³-hybridized carbons (Fsp3) is 0.529. The molecule has 1 aliphatic heterocycles. The summed E-state index contributed by atoms with van der Waals surface area (Å²) < 4.78 is 6.26. The fourth-order valence-electron chi connectivity index (χ4n) is 3.37. The Morgan fingerprint density at radius 3 is 3.00 bits per heavy atom. The van der Waals surface area contributed by atoms with Gasteiger partial charge in [0.1, 0.15) is 0 Å². The van der Waals surface area contributed by atoms with Gasteiger partial charge in [-0.2, -0.15) is 0 Å². The van der Waals surface area contributed by atoms with Crippen molar-refractivity contribution in [2.45, 2.75) is 26.7 Å². The van der Waals surface area contributed by atoms with Gasteiger partial charge >= 0.3 is 0 Å². The van der Waals surface area contributed by atoms with Gasteiger partial charge in [0.2, 0.25) is 5.91 Å². The first-order valence-electron chi connectivity index (χ1n) is 7.91. The van der Waals surface area contributed by atoms with E-state index in [1.165, 1.54) is 15.8 Å². The second kappa shape index (κ2) is 6.45. The molecule has 0 spiro atoms. The van der Waals surface area contributed by atoms with Crippen LogP contribution in [0.1, 0.15) is 23.1 Å². The molecule has 124 valence electrons. The van der Waals surface area contributed by atoms with E-state index in [0.717, 1.165) is 24.0 Å². The summed E-state index contributed by atoms with van der Waals surface area (Å²) in [5, 5.41) is 0.616. The van der Waals surface area contributed by atoms with Gasteiger partial charge in [-0.05, 0) is 42.9 Å². The third kappa shape index (κ3) is 3.19. The average molecular weight is 333 g/mol. The van der Waals surface area contributed by atoms with Crippen molar-refractivity contribution >= 4 is 32.6 Å². The molecule has 2 heterocycles. The van der Waals surface area contributed by atoms with Gasteiger partial charge in [-0.15, -0.1) is 0 Å². The number of aromatic nitrogens is 1. The first-order valence-corrected chi connectivity index (χ1v) is 8.73. The lowest BCUT2D eigenvalue weighted by molar-refractivity contribution is -0.128. The highest BCUT2D eigenvalue weighted by Crippen LogP contribution is 2.33. The maximum absolute atomic E-state index is 12.1. The van der Waals surface area contributed by atoms with Gasteiger partial charge in [-0.3, -0.25) is 4.79 Å². The Balaban J connectivity index is 1.80. The van der Waals surface area contributed by atoms with E-state index in [1.807, 2.05) is 4.90 Å². The number of nitrogens with two attached hydrogens (primary N) is 1. The van der Waals surface area contributed by atoms with E-state index in [2.05, 4.69) is 24.9 Å². The van der Waals surface area contributed by atoms with E-state index in [9.17, 15) is 4.79 Å². The molecule has 1 aromatic heterocycles. The van der Waals surface area contributed by atoms with Crippen LogP contribution in [0.3, 0.4) is 0 Å². The molecule has 5 nitrogen and oxygen atoms in total. The lowest BCUT2D eigenvalue weighted by atomic mass is 9.93. The normalized spacial score (nSPS) is 18.3. The molecule has 1 saturated heterocycles. The van der Waals surface area contributed by atoms with E-state index in [1.54, 1.807) is 18.4 Å². The summed E-state index contributed by atoms with van der Waals surface area (Å²) in [7, 11) is 1.67. The van der Waals surface area contributed by atoms with Crippen LogP contribution in [0.2, 0.25) is 0 Å². The highest BCUT2D eigenvalue weighted by atomic mass is 32.1. The van der Waals surface area contributed by atoms with Crippen LogP contribution in [0.15, 0.2) is 6.07 Å². The number of thiazole rings is 1. The molecule has 3 rings (SSSR count). The van der Waals surface area contributed by atoms with Gasteiger partial charge < -0.3 is 15.4 Å². The summed E-state index contributed by atoms with van der Waals surface area (Å²) in [6, 6.07) is 2.21. The van der Waals surface area contributed by atoms with Crippen LogP contribution in [0.25, 0.3) is 10.2 Å². The molecule has 0 saturated carbocycles. The van der Waals surface area contributed by atoms with Crippen molar-refractivity contribution in [3.63, 3.8) is 0 Å². The minimum absolute atomic E-state index is 0.240. The first kappa shape index (κ1) is 16.2. The topological polar surface area (TPSA) is 68.4 Å². The smallest absolute Gasteiger partial charge is 0.223 e. The Morgan fingerprint density at radius 2 is 2.26 bits per heavy atom. The molecule has 2 aromatic rings. The maximum atomic E-state index is 12.1. The number of ether oxygens (including phenoxy) is 1. The molecule has 1 atom stereocenters. The molecule has 0 radical (unpaired) electrons. The molecule has 1 aromatic carbocycles. The SMILES string of the molecule is COCCN1C[C@H](Cc2cc(C)c3nc(N)sc3c2C)CC1=O. The summed E-state index contributed by atoms with van der Waals surface area (Å²) >= 11 is 1.55. The number of benzene rings is 1. The number of hydrogen-bond acceptors (Lipinski definition) is 5. The summed E-state index contributed by atoms with van der Waals surface area (Å²) in [5.41, 5.74) is 10.6. The van der Waals surface area contributed by atoms with E-state index >= 15 is 0 Å². The predicted octanol–water partition coefficient (Wildman–Crippen LogP) is 2.53. The number of anilines is 1. The van der Waals surface area contributed by atoms with Gasteiger partial charge in [-0.25, -0.2) is 4.98 Å². The quantitative estimate of drug-likeness (QED) is 0.913. The number of hydrogen-bond donors (Lipinski definition) is 1. The minimum Gasteiger partial charge on any atom is -0.383 e. The number of nitrogens with zero attached hydrogens (tertiary/aromatic N) is 2. The molecule has 0 aliphatic carbocycles. The van der Waals surface area contributed by atoms with E-state index in [0.29, 0.717) is 30.6 Å². The van der Waals surface area contributed by atoms with Crippen molar-refractivity contribution in [3.05, 3.63) is 22.8 Å². The molecule has 1 amide bonds. The summed E-state index contributed by atoms with van der Waals surface area (Å²) in [5.74, 6) is 0.615. The largest absolute Gasteiger partial charge is 0.383 e. The van der Waals surface area contributed by atoms with Crippen LogP contribution in [0, 0.1) is 19.8 Å². The average Bonchev–Trinajstić information content (AvgIpc) is 3.06. The zero-order valence-corrected chi connectivity index (χ0v) is 14.7. The van der Waals surface area contributed by atoms with Crippen molar-refractivity contribution in [1.29, 1.82) is 0 Å². The van der Waals surface area contributed by atoms with Crippen LogP contribution in [0.5, 0.6) is 0 Å². The number of rotatable bonds is 5. The van der Waals surface area contributed by atoms with Crippen LogP contribution >= 0.6 is 11.3 Å². The van der Waals surface area contributed by atoms with Crippen LogP contribution in [0.4, 0.5) is 5.13 Å². The second-order valence-corrected chi connectivity index (χ2v) is 7.34. The number of methoxy groups -OCH3 is 1. The van der Waals surface area contributed by atoms with Crippen molar-refractivity contribution in [2.24, 2.45) is 5.92 Å². The zero-order valence-electron chi connectivity index (χ0n) is 13.9. The standard InChI is InChI=1S/C17H23N3O2S/c1-10-6-13(11(2)16-15(10)19-17(18)23-16)7-12-8-14(21)20(9-12)4-5-22-3/h6,12H,4-5,7-9H2,1-3H3,(H2,18,19)/t12-/m1/s1. The van der Waals surface area contributed by atoms with Crippen molar-refractivity contribution < 1.29 is 9.53 Å². The molecule has 0 bridgehead atoms. The number of amides is 1. The third-order valence-corrected chi connectivity index (χ3v) is 5.60. The Bertz CT molecular complexity index is 741. The van der Waals surface area contributed by atoms with Gasteiger partial charge in [0.15, 0.2) is 5.13 Å². The summed E-state index contributed by atoms with van der Waals surface area (Å²) in [6.45, 7) is 6.32. The van der Waals surface area contributed by atoms with Gasteiger partial charge in [-0.1, -0.05) is 17.4 Å².